The summed E-state index contributed by atoms with van der Waals surface area (Å²) >= 11 is 0. The first-order valence-corrected chi connectivity index (χ1v) is 11.4. The van der Waals surface area contributed by atoms with Crippen molar-refractivity contribution in [2.45, 2.75) is 4.90 Å². The van der Waals surface area contributed by atoms with Gasteiger partial charge in [0.1, 0.15) is 0 Å². The molecule has 1 aliphatic heterocycles. The fourth-order valence-corrected chi connectivity index (χ4v) is 5.13. The van der Waals surface area contributed by atoms with Crippen molar-refractivity contribution in [2.75, 3.05) is 38.0 Å². The van der Waals surface area contributed by atoms with Gasteiger partial charge < -0.3 is 5.32 Å². The van der Waals surface area contributed by atoms with E-state index in [0.29, 0.717) is 37.4 Å². The quantitative estimate of drug-likeness (QED) is 0.666. The number of hydrogen-bond donors (Lipinski definition) is 1. The molecule has 1 heterocycles. The Morgan fingerprint density at radius 3 is 2.42 bits per heavy atom. The molecule has 1 aliphatic rings. The molecule has 1 N–H and O–H groups in total. The van der Waals surface area contributed by atoms with Crippen LogP contribution in [-0.4, -0.2) is 56.3 Å². The second kappa shape index (κ2) is 8.86. The lowest BCUT2D eigenvalue weighted by atomic mass is 10.1. The number of rotatable bonds is 5. The van der Waals surface area contributed by atoms with Crippen LogP contribution in [-0.2, 0) is 14.8 Å². The van der Waals surface area contributed by atoms with Crippen LogP contribution in [0.25, 0.3) is 10.8 Å². The van der Waals surface area contributed by atoms with E-state index in [9.17, 15) is 13.2 Å². The number of nitrogens with zero attached hydrogens (tertiary/aromatic N) is 3. The molecular formula is C23H22N4O3S. The first-order chi connectivity index (χ1) is 15.0. The predicted molar refractivity (Wildman–Crippen MR) is 119 cm³/mol. The van der Waals surface area contributed by atoms with Crippen molar-refractivity contribution in [2.24, 2.45) is 0 Å². The number of carbonyl (C=O) groups is 1. The van der Waals surface area contributed by atoms with Crippen molar-refractivity contribution < 1.29 is 13.2 Å². The minimum Gasteiger partial charge on any atom is -0.325 e. The summed E-state index contributed by atoms with van der Waals surface area (Å²) in [6, 6.07) is 21.6. The van der Waals surface area contributed by atoms with Gasteiger partial charge in [-0.05, 0) is 41.1 Å². The summed E-state index contributed by atoms with van der Waals surface area (Å²) in [6.45, 7) is 1.76. The molecule has 3 aromatic rings. The minimum atomic E-state index is -3.59. The smallest absolute Gasteiger partial charge is 0.243 e. The van der Waals surface area contributed by atoms with Gasteiger partial charge in [0.25, 0.3) is 0 Å². The average molecular weight is 435 g/mol. The second-order valence-electron chi connectivity index (χ2n) is 7.43. The van der Waals surface area contributed by atoms with E-state index in [4.69, 9.17) is 5.26 Å². The lowest BCUT2D eigenvalue weighted by Gasteiger charge is -2.33. The standard InChI is InChI=1S/C23H22N4O3S/c24-16-18-4-3-7-21(14-18)25-23(28)17-26-10-12-27(13-11-26)31(29,30)22-9-8-19-5-1-2-6-20(19)15-22/h1-9,14-15H,10-13,17H2,(H,25,28). The number of nitrogens with one attached hydrogen (secondary N) is 1. The summed E-state index contributed by atoms with van der Waals surface area (Å²) in [4.78, 5) is 14.6. The van der Waals surface area contributed by atoms with Crippen molar-refractivity contribution in [3.05, 3.63) is 72.3 Å². The minimum absolute atomic E-state index is 0.167. The highest BCUT2D eigenvalue weighted by molar-refractivity contribution is 7.89. The number of fused-ring (bicyclic) bond motifs is 1. The van der Waals surface area contributed by atoms with Gasteiger partial charge >= 0.3 is 0 Å². The Hall–Kier alpha value is -3.25. The number of amides is 1. The molecule has 0 saturated carbocycles. The van der Waals surface area contributed by atoms with E-state index >= 15 is 0 Å². The third-order valence-corrected chi connectivity index (χ3v) is 7.23. The summed E-state index contributed by atoms with van der Waals surface area (Å²) in [5, 5.41) is 13.6. The molecule has 0 aliphatic carbocycles. The number of piperazine rings is 1. The summed E-state index contributed by atoms with van der Waals surface area (Å²) < 4.78 is 27.6. The van der Waals surface area contributed by atoms with Crippen molar-refractivity contribution in [3.63, 3.8) is 0 Å². The Kier molecular flexibility index (Phi) is 6.00. The average Bonchev–Trinajstić information content (AvgIpc) is 2.79. The summed E-state index contributed by atoms with van der Waals surface area (Å²) in [5.74, 6) is -0.194. The van der Waals surface area contributed by atoms with Crippen molar-refractivity contribution in [3.8, 4) is 6.07 Å². The Morgan fingerprint density at radius 1 is 0.935 bits per heavy atom. The van der Waals surface area contributed by atoms with E-state index in [0.717, 1.165) is 10.8 Å². The Morgan fingerprint density at radius 2 is 1.68 bits per heavy atom. The third kappa shape index (κ3) is 4.75. The molecule has 0 bridgehead atoms. The fourth-order valence-electron chi connectivity index (χ4n) is 3.68. The molecule has 1 amide bonds. The molecule has 0 unspecified atom stereocenters. The van der Waals surface area contributed by atoms with Crippen LogP contribution in [0.15, 0.2) is 71.6 Å². The zero-order valence-corrected chi connectivity index (χ0v) is 17.7. The summed E-state index contributed by atoms with van der Waals surface area (Å²) in [6.07, 6.45) is 0. The molecule has 4 rings (SSSR count). The Labute approximate surface area is 181 Å². The first kappa shape index (κ1) is 21.0. The number of carbonyl (C=O) groups excluding carboxylic acids is 1. The zero-order valence-electron chi connectivity index (χ0n) is 16.9. The topological polar surface area (TPSA) is 93.5 Å². The number of anilines is 1. The molecule has 0 radical (unpaired) electrons. The van der Waals surface area contributed by atoms with E-state index in [1.807, 2.05) is 41.3 Å². The third-order valence-electron chi connectivity index (χ3n) is 5.33. The van der Waals surface area contributed by atoms with Crippen molar-refractivity contribution in [1.29, 1.82) is 5.26 Å². The van der Waals surface area contributed by atoms with Crippen LogP contribution in [0.2, 0.25) is 0 Å². The Bertz CT molecular complexity index is 1260. The van der Waals surface area contributed by atoms with E-state index in [1.54, 1.807) is 36.4 Å². The highest BCUT2D eigenvalue weighted by Crippen LogP contribution is 2.23. The van der Waals surface area contributed by atoms with E-state index in [1.165, 1.54) is 4.31 Å². The predicted octanol–water partition coefficient (Wildman–Crippen LogP) is 2.66. The maximum absolute atomic E-state index is 13.1. The van der Waals surface area contributed by atoms with Crippen molar-refractivity contribution in [1.82, 2.24) is 9.21 Å². The van der Waals surface area contributed by atoms with E-state index < -0.39 is 10.0 Å². The van der Waals surface area contributed by atoms with Crippen LogP contribution in [0.1, 0.15) is 5.56 Å². The number of hydrogen-bond acceptors (Lipinski definition) is 5. The van der Waals surface area contributed by atoms with Gasteiger partial charge in [-0.25, -0.2) is 8.42 Å². The number of sulfonamides is 1. The maximum Gasteiger partial charge on any atom is 0.243 e. The number of nitriles is 1. The van der Waals surface area contributed by atoms with Crippen LogP contribution in [0.4, 0.5) is 5.69 Å². The van der Waals surface area contributed by atoms with Gasteiger partial charge in [0, 0.05) is 31.9 Å². The number of benzene rings is 3. The van der Waals surface area contributed by atoms with Gasteiger partial charge in [0.05, 0.1) is 23.1 Å². The second-order valence-corrected chi connectivity index (χ2v) is 9.37. The molecule has 0 atom stereocenters. The fraction of sp³-hybridized carbons (Fsp3) is 0.217. The lowest BCUT2D eigenvalue weighted by Crippen LogP contribution is -2.50. The normalized spacial score (nSPS) is 15.5. The van der Waals surface area contributed by atoms with Crippen LogP contribution < -0.4 is 5.32 Å². The van der Waals surface area contributed by atoms with Crippen LogP contribution in [0.5, 0.6) is 0 Å². The van der Waals surface area contributed by atoms with Gasteiger partial charge in [-0.15, -0.1) is 0 Å². The first-order valence-electron chi connectivity index (χ1n) is 9.97. The van der Waals surface area contributed by atoms with Crippen LogP contribution in [0, 0.1) is 11.3 Å². The van der Waals surface area contributed by atoms with Crippen molar-refractivity contribution >= 4 is 32.4 Å². The van der Waals surface area contributed by atoms with Gasteiger partial charge in [0.2, 0.25) is 15.9 Å². The zero-order chi connectivity index (χ0) is 21.8. The molecule has 3 aromatic carbocycles. The molecule has 158 valence electrons. The lowest BCUT2D eigenvalue weighted by molar-refractivity contribution is -0.117. The van der Waals surface area contributed by atoms with Gasteiger partial charge in [-0.1, -0.05) is 36.4 Å². The maximum atomic E-state index is 13.1. The van der Waals surface area contributed by atoms with Gasteiger partial charge in [-0.3, -0.25) is 9.69 Å². The molecule has 0 spiro atoms. The molecule has 8 heteroatoms. The molecule has 1 fully saturated rings. The van der Waals surface area contributed by atoms with Crippen LogP contribution in [0.3, 0.4) is 0 Å². The van der Waals surface area contributed by atoms with Gasteiger partial charge in [-0.2, -0.15) is 9.57 Å². The molecule has 0 aromatic heterocycles. The molecule has 31 heavy (non-hydrogen) atoms. The van der Waals surface area contributed by atoms with Gasteiger partial charge in [0.15, 0.2) is 0 Å². The van der Waals surface area contributed by atoms with Crippen LogP contribution >= 0.6 is 0 Å². The SMILES string of the molecule is N#Cc1cccc(NC(=O)CN2CCN(S(=O)(=O)c3ccc4ccccc4c3)CC2)c1. The van der Waals surface area contributed by atoms with E-state index in [2.05, 4.69) is 5.32 Å². The van der Waals surface area contributed by atoms with E-state index in [-0.39, 0.29) is 17.3 Å². The largest absolute Gasteiger partial charge is 0.325 e. The molecular weight excluding hydrogens is 412 g/mol. The molecule has 7 nitrogen and oxygen atoms in total. The molecule has 1 saturated heterocycles. The highest BCUT2D eigenvalue weighted by atomic mass is 32.2. The monoisotopic (exact) mass is 434 g/mol. The summed E-state index contributed by atoms with van der Waals surface area (Å²) in [7, 11) is -3.59. The Balaban J connectivity index is 1.36. The summed E-state index contributed by atoms with van der Waals surface area (Å²) in [5.41, 5.74) is 1.05. The highest BCUT2D eigenvalue weighted by Gasteiger charge is 2.29.